The van der Waals surface area contributed by atoms with Gasteiger partial charge in [0.05, 0.1) is 12.1 Å². The Labute approximate surface area is 101 Å². The van der Waals surface area contributed by atoms with Gasteiger partial charge >= 0.3 is 0 Å². The largest absolute Gasteiger partial charge is 0.355 e. The summed E-state index contributed by atoms with van der Waals surface area (Å²) in [5.74, 6) is 0.463. The van der Waals surface area contributed by atoms with E-state index in [9.17, 15) is 4.79 Å². The maximum Gasteiger partial charge on any atom is 0.239 e. The lowest BCUT2D eigenvalue weighted by Crippen LogP contribution is -2.36. The third kappa shape index (κ3) is 3.76. The molecule has 0 aliphatic heterocycles. The van der Waals surface area contributed by atoms with Gasteiger partial charge in [-0.2, -0.15) is 5.26 Å². The average Bonchev–Trinajstić information content (AvgIpc) is 2.36. The number of anilines is 1. The van der Waals surface area contributed by atoms with Crippen molar-refractivity contribution in [3.8, 4) is 6.07 Å². The first-order valence-electron chi connectivity index (χ1n) is 5.52. The van der Waals surface area contributed by atoms with Gasteiger partial charge in [0.2, 0.25) is 5.91 Å². The number of amides is 1. The van der Waals surface area contributed by atoms with Crippen LogP contribution in [0.2, 0.25) is 0 Å². The molecule has 1 heterocycles. The van der Waals surface area contributed by atoms with Gasteiger partial charge < -0.3 is 10.2 Å². The predicted octanol–water partition coefficient (Wildman–Crippen LogP) is 0.916. The Hall–Kier alpha value is -2.09. The highest BCUT2D eigenvalue weighted by Crippen LogP contribution is 2.13. The van der Waals surface area contributed by atoms with E-state index in [-0.39, 0.29) is 12.5 Å². The van der Waals surface area contributed by atoms with Gasteiger partial charge in [-0.25, -0.2) is 4.98 Å². The smallest absolute Gasteiger partial charge is 0.239 e. The Morgan fingerprint density at radius 2 is 2.41 bits per heavy atom. The van der Waals surface area contributed by atoms with Crippen LogP contribution in [0.1, 0.15) is 18.9 Å². The second-order valence-corrected chi connectivity index (χ2v) is 3.69. The number of nitrogens with one attached hydrogen (secondary N) is 1. The standard InChI is InChI=1S/C12H16N4O/c1-3-6-14-11(17)9-16(2)12-10(8-13)5-4-7-15-12/h4-5,7H,3,6,9H2,1-2H3,(H,14,17). The number of nitriles is 1. The van der Waals surface area contributed by atoms with Crippen LogP contribution >= 0.6 is 0 Å². The van der Waals surface area contributed by atoms with Gasteiger partial charge in [-0.3, -0.25) is 4.79 Å². The van der Waals surface area contributed by atoms with E-state index in [1.54, 1.807) is 30.3 Å². The van der Waals surface area contributed by atoms with Crippen LogP contribution in [0.3, 0.4) is 0 Å². The number of aromatic nitrogens is 1. The van der Waals surface area contributed by atoms with E-state index < -0.39 is 0 Å². The first kappa shape index (κ1) is 13.0. The minimum Gasteiger partial charge on any atom is -0.355 e. The molecule has 1 rings (SSSR count). The molecule has 1 N–H and O–H groups in total. The quantitative estimate of drug-likeness (QED) is 0.819. The minimum atomic E-state index is -0.0658. The zero-order valence-electron chi connectivity index (χ0n) is 10.1. The van der Waals surface area contributed by atoms with E-state index >= 15 is 0 Å². The van der Waals surface area contributed by atoms with E-state index in [0.717, 1.165) is 6.42 Å². The molecule has 0 unspecified atom stereocenters. The molecule has 0 spiro atoms. The van der Waals surface area contributed by atoms with Crippen LogP contribution in [0.25, 0.3) is 0 Å². The Morgan fingerprint density at radius 1 is 1.65 bits per heavy atom. The van der Waals surface area contributed by atoms with Gasteiger partial charge in [0.25, 0.3) is 0 Å². The summed E-state index contributed by atoms with van der Waals surface area (Å²) < 4.78 is 0. The highest BCUT2D eigenvalue weighted by atomic mass is 16.2. The molecule has 0 radical (unpaired) electrons. The molecule has 1 amide bonds. The maximum atomic E-state index is 11.5. The molecule has 1 aromatic rings. The molecular weight excluding hydrogens is 216 g/mol. The average molecular weight is 232 g/mol. The lowest BCUT2D eigenvalue weighted by molar-refractivity contribution is -0.119. The van der Waals surface area contributed by atoms with E-state index in [2.05, 4.69) is 16.4 Å². The number of likely N-dealkylation sites (N-methyl/N-ethyl adjacent to an activating group) is 1. The fourth-order valence-corrected chi connectivity index (χ4v) is 1.40. The topological polar surface area (TPSA) is 69.0 Å². The van der Waals surface area contributed by atoms with E-state index in [4.69, 9.17) is 5.26 Å². The summed E-state index contributed by atoms with van der Waals surface area (Å²) in [6.07, 6.45) is 2.51. The van der Waals surface area contributed by atoms with Crippen molar-refractivity contribution >= 4 is 11.7 Å². The Balaban J connectivity index is 2.67. The first-order chi connectivity index (χ1) is 8.19. The number of nitrogens with zero attached hydrogens (tertiary/aromatic N) is 3. The molecule has 0 aliphatic rings. The number of carbonyl (C=O) groups excluding carboxylic acids is 1. The highest BCUT2D eigenvalue weighted by molar-refractivity contribution is 5.81. The van der Waals surface area contributed by atoms with Crippen LogP contribution < -0.4 is 10.2 Å². The SMILES string of the molecule is CCCNC(=O)CN(C)c1ncccc1C#N. The van der Waals surface area contributed by atoms with Gasteiger partial charge in [0.1, 0.15) is 11.9 Å². The number of carbonyl (C=O) groups is 1. The summed E-state index contributed by atoms with van der Waals surface area (Å²) in [6, 6.07) is 5.44. The summed E-state index contributed by atoms with van der Waals surface area (Å²) in [4.78, 5) is 17.3. The highest BCUT2D eigenvalue weighted by Gasteiger charge is 2.11. The second-order valence-electron chi connectivity index (χ2n) is 3.69. The number of hydrogen-bond donors (Lipinski definition) is 1. The van der Waals surface area contributed by atoms with E-state index in [1.165, 1.54) is 0 Å². The molecule has 0 bridgehead atoms. The molecule has 1 aromatic heterocycles. The normalized spacial score (nSPS) is 9.47. The van der Waals surface area contributed by atoms with Crippen LogP contribution in [0, 0.1) is 11.3 Å². The van der Waals surface area contributed by atoms with Crippen molar-refractivity contribution in [1.29, 1.82) is 5.26 Å². The number of hydrogen-bond acceptors (Lipinski definition) is 4. The third-order valence-electron chi connectivity index (χ3n) is 2.22. The maximum absolute atomic E-state index is 11.5. The Kier molecular flexibility index (Phi) is 4.95. The first-order valence-corrected chi connectivity index (χ1v) is 5.52. The Bertz CT molecular complexity index is 425. The number of pyridine rings is 1. The fourth-order valence-electron chi connectivity index (χ4n) is 1.40. The zero-order valence-corrected chi connectivity index (χ0v) is 10.1. The predicted molar refractivity (Wildman–Crippen MR) is 65.5 cm³/mol. The summed E-state index contributed by atoms with van der Waals surface area (Å²) >= 11 is 0. The molecule has 90 valence electrons. The van der Waals surface area contributed by atoms with Crippen molar-refractivity contribution in [3.05, 3.63) is 23.9 Å². The van der Waals surface area contributed by atoms with Crippen molar-refractivity contribution in [3.63, 3.8) is 0 Å². The molecule has 0 saturated carbocycles. The molecule has 17 heavy (non-hydrogen) atoms. The lowest BCUT2D eigenvalue weighted by Gasteiger charge is -2.18. The molecule has 5 nitrogen and oxygen atoms in total. The van der Waals surface area contributed by atoms with E-state index in [0.29, 0.717) is 17.9 Å². The molecule has 0 fully saturated rings. The monoisotopic (exact) mass is 232 g/mol. The van der Waals surface area contributed by atoms with Crippen molar-refractivity contribution < 1.29 is 4.79 Å². The third-order valence-corrected chi connectivity index (χ3v) is 2.22. The second kappa shape index (κ2) is 6.48. The van der Waals surface area contributed by atoms with Crippen molar-refractivity contribution in [2.45, 2.75) is 13.3 Å². The van der Waals surface area contributed by atoms with Crippen molar-refractivity contribution in [2.24, 2.45) is 0 Å². The van der Waals surface area contributed by atoms with Crippen molar-refractivity contribution in [1.82, 2.24) is 10.3 Å². The molecule has 5 heteroatoms. The van der Waals surface area contributed by atoms with Gasteiger partial charge in [0, 0.05) is 19.8 Å². The summed E-state index contributed by atoms with van der Waals surface area (Å²) in [6.45, 7) is 2.86. The molecular formula is C12H16N4O. The summed E-state index contributed by atoms with van der Waals surface area (Å²) in [7, 11) is 1.74. The Morgan fingerprint density at radius 3 is 3.06 bits per heavy atom. The fraction of sp³-hybridized carbons (Fsp3) is 0.417. The number of rotatable bonds is 5. The van der Waals surface area contributed by atoms with Gasteiger partial charge in [-0.15, -0.1) is 0 Å². The summed E-state index contributed by atoms with van der Waals surface area (Å²) in [5.41, 5.74) is 0.471. The van der Waals surface area contributed by atoms with Gasteiger partial charge in [-0.1, -0.05) is 6.92 Å². The van der Waals surface area contributed by atoms with Gasteiger partial charge in [0.15, 0.2) is 0 Å². The molecule has 0 aliphatic carbocycles. The lowest BCUT2D eigenvalue weighted by atomic mass is 10.2. The molecule has 0 atom stereocenters. The van der Waals surface area contributed by atoms with Crippen LogP contribution in [-0.2, 0) is 4.79 Å². The van der Waals surface area contributed by atoms with Crippen LogP contribution in [0.5, 0.6) is 0 Å². The molecule has 0 aromatic carbocycles. The summed E-state index contributed by atoms with van der Waals surface area (Å²) in [5, 5.41) is 11.7. The van der Waals surface area contributed by atoms with Crippen LogP contribution in [0.15, 0.2) is 18.3 Å². The van der Waals surface area contributed by atoms with Crippen molar-refractivity contribution in [2.75, 3.05) is 25.0 Å². The van der Waals surface area contributed by atoms with Crippen LogP contribution in [-0.4, -0.2) is 31.0 Å². The minimum absolute atomic E-state index is 0.0658. The molecule has 0 saturated heterocycles. The van der Waals surface area contributed by atoms with Gasteiger partial charge in [-0.05, 0) is 18.6 Å². The van der Waals surface area contributed by atoms with E-state index in [1.807, 2.05) is 6.92 Å². The zero-order chi connectivity index (χ0) is 12.7. The van der Waals surface area contributed by atoms with Crippen LogP contribution in [0.4, 0.5) is 5.82 Å².